The standard InChI is InChI=1S/C19H18ClN3O3/c1-11-4-6-15(8-12(11)2)25-10-16-13(3)26-23-18(16)19(24)22-17-7-5-14(20)9-21-17/h4-9H,10H2,1-3H3,(H,21,22,24). The van der Waals surface area contributed by atoms with Crippen LogP contribution in [0.25, 0.3) is 0 Å². The maximum Gasteiger partial charge on any atom is 0.279 e. The normalized spacial score (nSPS) is 10.6. The number of amides is 1. The molecule has 1 amide bonds. The number of aryl methyl sites for hydroxylation is 3. The topological polar surface area (TPSA) is 77.2 Å². The quantitative estimate of drug-likeness (QED) is 0.715. The molecule has 134 valence electrons. The summed E-state index contributed by atoms with van der Waals surface area (Å²) in [5.74, 6) is 1.21. The zero-order valence-electron chi connectivity index (χ0n) is 14.7. The molecular formula is C19H18ClN3O3. The Morgan fingerprint density at radius 2 is 2.00 bits per heavy atom. The molecule has 0 spiro atoms. The summed E-state index contributed by atoms with van der Waals surface area (Å²) in [5, 5.41) is 7.01. The first kappa shape index (κ1) is 17.9. The first-order valence-electron chi connectivity index (χ1n) is 8.02. The van der Waals surface area contributed by atoms with Crippen LogP contribution >= 0.6 is 11.6 Å². The van der Waals surface area contributed by atoms with Crippen molar-refractivity contribution in [3.05, 3.63) is 69.7 Å². The second kappa shape index (κ2) is 7.58. The maximum absolute atomic E-state index is 12.5. The van der Waals surface area contributed by atoms with Crippen LogP contribution < -0.4 is 10.1 Å². The van der Waals surface area contributed by atoms with Crippen LogP contribution in [0.1, 0.15) is 32.9 Å². The van der Waals surface area contributed by atoms with E-state index in [2.05, 4.69) is 15.5 Å². The van der Waals surface area contributed by atoms with E-state index < -0.39 is 5.91 Å². The van der Waals surface area contributed by atoms with Crippen LogP contribution in [0.2, 0.25) is 5.02 Å². The molecule has 6 nitrogen and oxygen atoms in total. The van der Waals surface area contributed by atoms with Gasteiger partial charge in [0.2, 0.25) is 0 Å². The summed E-state index contributed by atoms with van der Waals surface area (Å²) in [6.45, 7) is 5.97. The van der Waals surface area contributed by atoms with Gasteiger partial charge in [0.1, 0.15) is 23.9 Å². The molecule has 2 aromatic heterocycles. The molecule has 26 heavy (non-hydrogen) atoms. The Balaban J connectivity index is 1.74. The number of halogens is 1. The van der Waals surface area contributed by atoms with Gasteiger partial charge < -0.3 is 14.6 Å². The molecule has 1 N–H and O–H groups in total. The largest absolute Gasteiger partial charge is 0.489 e. The summed E-state index contributed by atoms with van der Waals surface area (Å²) < 4.78 is 11.0. The Labute approximate surface area is 156 Å². The number of hydrogen-bond donors (Lipinski definition) is 1. The van der Waals surface area contributed by atoms with E-state index in [1.807, 2.05) is 32.0 Å². The average Bonchev–Trinajstić information content (AvgIpc) is 2.99. The SMILES string of the molecule is Cc1ccc(OCc2c(C(=O)Nc3ccc(Cl)cn3)noc2C)cc1C. The molecule has 0 saturated heterocycles. The van der Waals surface area contributed by atoms with Crippen molar-refractivity contribution in [2.24, 2.45) is 0 Å². The lowest BCUT2D eigenvalue weighted by molar-refractivity contribution is 0.101. The minimum absolute atomic E-state index is 0.170. The third-order valence-electron chi connectivity index (χ3n) is 4.03. The molecule has 0 aliphatic carbocycles. The van der Waals surface area contributed by atoms with Crippen molar-refractivity contribution in [1.29, 1.82) is 0 Å². The van der Waals surface area contributed by atoms with Gasteiger partial charge in [0.15, 0.2) is 5.69 Å². The van der Waals surface area contributed by atoms with Crippen LogP contribution in [0.15, 0.2) is 41.1 Å². The molecule has 0 bridgehead atoms. The van der Waals surface area contributed by atoms with Gasteiger partial charge in [-0.05, 0) is 56.2 Å². The molecule has 0 saturated carbocycles. The van der Waals surface area contributed by atoms with Crippen LogP contribution in [0, 0.1) is 20.8 Å². The predicted molar refractivity (Wildman–Crippen MR) is 98.7 cm³/mol. The molecule has 0 aliphatic heterocycles. The highest BCUT2D eigenvalue weighted by Crippen LogP contribution is 2.21. The van der Waals surface area contributed by atoms with Crippen molar-refractivity contribution in [2.75, 3.05) is 5.32 Å². The van der Waals surface area contributed by atoms with Crippen molar-refractivity contribution in [2.45, 2.75) is 27.4 Å². The third kappa shape index (κ3) is 4.03. The van der Waals surface area contributed by atoms with Crippen LogP contribution in [0.4, 0.5) is 5.82 Å². The number of nitrogens with one attached hydrogen (secondary N) is 1. The highest BCUT2D eigenvalue weighted by Gasteiger charge is 2.21. The third-order valence-corrected chi connectivity index (χ3v) is 4.25. The lowest BCUT2D eigenvalue weighted by atomic mass is 10.1. The molecule has 2 heterocycles. The molecular weight excluding hydrogens is 354 g/mol. The summed E-state index contributed by atoms with van der Waals surface area (Å²) in [6, 6.07) is 9.09. The number of aromatic nitrogens is 2. The van der Waals surface area contributed by atoms with Gasteiger partial charge in [-0.2, -0.15) is 0 Å². The second-order valence-corrected chi connectivity index (χ2v) is 6.35. The summed E-state index contributed by atoms with van der Waals surface area (Å²) in [7, 11) is 0. The average molecular weight is 372 g/mol. The van der Waals surface area contributed by atoms with Gasteiger partial charge in [-0.3, -0.25) is 4.79 Å². The van der Waals surface area contributed by atoms with Crippen molar-refractivity contribution < 1.29 is 14.1 Å². The van der Waals surface area contributed by atoms with Gasteiger partial charge in [-0.15, -0.1) is 0 Å². The summed E-state index contributed by atoms with van der Waals surface area (Å²) in [6.07, 6.45) is 1.45. The Bertz CT molecular complexity index is 936. The molecule has 7 heteroatoms. The van der Waals surface area contributed by atoms with E-state index in [4.69, 9.17) is 20.9 Å². The van der Waals surface area contributed by atoms with Crippen LogP contribution in [0.5, 0.6) is 5.75 Å². The van der Waals surface area contributed by atoms with Crippen LogP contribution in [-0.4, -0.2) is 16.0 Å². The van der Waals surface area contributed by atoms with E-state index in [1.165, 1.54) is 11.8 Å². The fourth-order valence-electron chi connectivity index (χ4n) is 2.32. The van der Waals surface area contributed by atoms with Gasteiger partial charge >= 0.3 is 0 Å². The van der Waals surface area contributed by atoms with Gasteiger partial charge in [0.05, 0.1) is 10.6 Å². The van der Waals surface area contributed by atoms with E-state index in [0.29, 0.717) is 22.2 Å². The number of carbonyl (C=O) groups excluding carboxylic acids is 1. The fourth-order valence-corrected chi connectivity index (χ4v) is 2.44. The van der Waals surface area contributed by atoms with Gasteiger partial charge in [-0.1, -0.05) is 22.8 Å². The zero-order valence-corrected chi connectivity index (χ0v) is 15.4. The fraction of sp³-hybridized carbons (Fsp3) is 0.211. The van der Waals surface area contributed by atoms with E-state index in [9.17, 15) is 4.79 Å². The highest BCUT2D eigenvalue weighted by atomic mass is 35.5. The predicted octanol–water partition coefficient (Wildman–Crippen LogP) is 4.48. The number of benzene rings is 1. The van der Waals surface area contributed by atoms with E-state index >= 15 is 0 Å². The molecule has 3 rings (SSSR count). The van der Waals surface area contributed by atoms with E-state index in [-0.39, 0.29) is 12.3 Å². The molecule has 0 aliphatic rings. The lowest BCUT2D eigenvalue weighted by Gasteiger charge is -2.09. The monoisotopic (exact) mass is 371 g/mol. The number of anilines is 1. The summed E-state index contributed by atoms with van der Waals surface area (Å²) >= 11 is 5.79. The minimum Gasteiger partial charge on any atom is -0.489 e. The van der Waals surface area contributed by atoms with E-state index in [0.717, 1.165) is 11.3 Å². The second-order valence-electron chi connectivity index (χ2n) is 5.92. The molecule has 0 unspecified atom stereocenters. The minimum atomic E-state index is -0.421. The summed E-state index contributed by atoms with van der Waals surface area (Å²) in [5.41, 5.74) is 3.09. The van der Waals surface area contributed by atoms with E-state index in [1.54, 1.807) is 19.1 Å². The zero-order chi connectivity index (χ0) is 18.7. The Kier molecular flexibility index (Phi) is 5.23. The molecule has 0 atom stereocenters. The Hall–Kier alpha value is -2.86. The maximum atomic E-state index is 12.5. The molecule has 0 fully saturated rings. The number of rotatable bonds is 5. The van der Waals surface area contributed by atoms with Crippen molar-refractivity contribution in [3.63, 3.8) is 0 Å². The first-order valence-corrected chi connectivity index (χ1v) is 8.40. The Morgan fingerprint density at radius 3 is 2.69 bits per heavy atom. The smallest absolute Gasteiger partial charge is 0.279 e. The summed E-state index contributed by atoms with van der Waals surface area (Å²) in [4.78, 5) is 16.5. The number of nitrogens with zero attached hydrogens (tertiary/aromatic N) is 2. The van der Waals surface area contributed by atoms with Crippen molar-refractivity contribution >= 4 is 23.3 Å². The number of ether oxygens (including phenoxy) is 1. The van der Waals surface area contributed by atoms with Gasteiger partial charge in [-0.25, -0.2) is 4.98 Å². The number of carbonyl (C=O) groups is 1. The van der Waals surface area contributed by atoms with Crippen LogP contribution in [-0.2, 0) is 6.61 Å². The van der Waals surface area contributed by atoms with Crippen molar-refractivity contribution in [3.8, 4) is 5.75 Å². The molecule has 3 aromatic rings. The molecule has 1 aromatic carbocycles. The van der Waals surface area contributed by atoms with Gasteiger partial charge in [0, 0.05) is 6.20 Å². The van der Waals surface area contributed by atoms with Gasteiger partial charge in [0.25, 0.3) is 5.91 Å². The number of pyridine rings is 1. The Morgan fingerprint density at radius 1 is 1.19 bits per heavy atom. The van der Waals surface area contributed by atoms with Crippen molar-refractivity contribution in [1.82, 2.24) is 10.1 Å². The highest BCUT2D eigenvalue weighted by molar-refractivity contribution is 6.30. The lowest BCUT2D eigenvalue weighted by Crippen LogP contribution is -2.16. The molecule has 0 radical (unpaired) electrons. The first-order chi connectivity index (χ1) is 12.4. The van der Waals surface area contributed by atoms with Crippen LogP contribution in [0.3, 0.4) is 0 Å². The number of hydrogen-bond acceptors (Lipinski definition) is 5.